The van der Waals surface area contributed by atoms with Crippen molar-refractivity contribution in [1.29, 1.82) is 0 Å². The minimum atomic E-state index is -0.435. The van der Waals surface area contributed by atoms with Crippen LogP contribution in [0.15, 0.2) is 69.9 Å². The molecule has 0 aliphatic carbocycles. The van der Waals surface area contributed by atoms with Crippen molar-refractivity contribution in [3.8, 4) is 22.6 Å². The van der Waals surface area contributed by atoms with E-state index in [1.165, 1.54) is 0 Å². The molecule has 0 spiro atoms. The van der Waals surface area contributed by atoms with Crippen molar-refractivity contribution in [3.63, 3.8) is 0 Å². The Morgan fingerprint density at radius 2 is 1.66 bits per heavy atom. The second kappa shape index (κ2) is 5.96. The second-order valence-corrected chi connectivity index (χ2v) is 7.26. The van der Waals surface area contributed by atoms with Crippen LogP contribution in [0.4, 0.5) is 0 Å². The van der Waals surface area contributed by atoms with Gasteiger partial charge in [-0.25, -0.2) is 9.78 Å². The van der Waals surface area contributed by atoms with Crippen molar-refractivity contribution < 1.29 is 13.9 Å². The van der Waals surface area contributed by atoms with E-state index in [9.17, 15) is 4.79 Å². The van der Waals surface area contributed by atoms with E-state index in [2.05, 4.69) is 0 Å². The van der Waals surface area contributed by atoms with E-state index >= 15 is 0 Å². The lowest BCUT2D eigenvalue weighted by atomic mass is 9.96. The van der Waals surface area contributed by atoms with Gasteiger partial charge in [0.05, 0.1) is 16.4 Å². The normalized spacial score (nSPS) is 12.9. The van der Waals surface area contributed by atoms with Gasteiger partial charge in [0.1, 0.15) is 5.58 Å². The summed E-state index contributed by atoms with van der Waals surface area (Å²) < 4.78 is 16.7. The lowest BCUT2D eigenvalue weighted by Crippen LogP contribution is -2.04. The number of ether oxygens (including phenoxy) is 2. The number of aromatic nitrogens is 1. The van der Waals surface area contributed by atoms with Gasteiger partial charge in [0.15, 0.2) is 11.5 Å². The Balaban J connectivity index is 1.87. The first kappa shape index (κ1) is 16.4. The van der Waals surface area contributed by atoms with E-state index < -0.39 is 5.63 Å². The van der Waals surface area contributed by atoms with Crippen LogP contribution in [-0.4, -0.2) is 11.8 Å². The third-order valence-electron chi connectivity index (χ3n) is 5.16. The maximum Gasteiger partial charge on any atom is 0.346 e. The summed E-state index contributed by atoms with van der Waals surface area (Å²) in [6.07, 6.45) is 0. The highest BCUT2D eigenvalue weighted by molar-refractivity contribution is 6.30. The van der Waals surface area contributed by atoms with Gasteiger partial charge >= 0.3 is 5.63 Å². The van der Waals surface area contributed by atoms with E-state index in [-0.39, 0.29) is 6.79 Å². The van der Waals surface area contributed by atoms with Gasteiger partial charge in [0.25, 0.3) is 0 Å². The zero-order chi connectivity index (χ0) is 19.5. The van der Waals surface area contributed by atoms with Crippen molar-refractivity contribution in [1.82, 2.24) is 4.98 Å². The monoisotopic (exact) mass is 401 g/mol. The average Bonchev–Trinajstić information content (AvgIpc) is 3.19. The molecule has 1 aliphatic heterocycles. The number of nitrogens with zero attached hydrogens (tertiary/aromatic N) is 1. The summed E-state index contributed by atoms with van der Waals surface area (Å²) in [5.74, 6) is 1.26. The van der Waals surface area contributed by atoms with Crippen molar-refractivity contribution in [2.75, 3.05) is 6.79 Å². The van der Waals surface area contributed by atoms with Crippen LogP contribution in [0.5, 0.6) is 11.5 Å². The Morgan fingerprint density at radius 3 is 2.48 bits per heavy atom. The zero-order valence-corrected chi connectivity index (χ0v) is 15.7. The van der Waals surface area contributed by atoms with Crippen molar-refractivity contribution in [2.24, 2.45) is 0 Å². The number of hydrogen-bond acceptors (Lipinski definition) is 5. The molecule has 6 rings (SSSR count). The van der Waals surface area contributed by atoms with Gasteiger partial charge in [-0.05, 0) is 35.9 Å². The van der Waals surface area contributed by atoms with Crippen LogP contribution >= 0.6 is 11.6 Å². The SMILES string of the molecule is O=c1oc2ccccc2c2nc3cc4c(cc3c(-c3ccc(Cl)cc3)c12)OCO4. The van der Waals surface area contributed by atoms with Crippen LogP contribution < -0.4 is 15.1 Å². The fourth-order valence-electron chi connectivity index (χ4n) is 3.87. The first-order valence-electron chi connectivity index (χ1n) is 9.04. The number of halogens is 1. The highest BCUT2D eigenvalue weighted by Crippen LogP contribution is 2.42. The lowest BCUT2D eigenvalue weighted by Gasteiger charge is -2.12. The quantitative estimate of drug-likeness (QED) is 0.209. The fraction of sp³-hybridized carbons (Fsp3) is 0.0435. The molecule has 6 heteroatoms. The predicted molar refractivity (Wildman–Crippen MR) is 112 cm³/mol. The number of fused-ring (bicyclic) bond motifs is 5. The molecule has 0 atom stereocenters. The molecule has 3 heterocycles. The van der Waals surface area contributed by atoms with Crippen molar-refractivity contribution >= 4 is 44.4 Å². The molecule has 0 bridgehead atoms. The molecule has 0 unspecified atom stereocenters. The molecule has 1 aliphatic rings. The molecule has 0 N–H and O–H groups in total. The Kier molecular flexibility index (Phi) is 3.37. The van der Waals surface area contributed by atoms with E-state index in [0.29, 0.717) is 38.5 Å². The van der Waals surface area contributed by atoms with Gasteiger partial charge in [0.2, 0.25) is 6.79 Å². The highest BCUT2D eigenvalue weighted by Gasteiger charge is 2.22. The third-order valence-corrected chi connectivity index (χ3v) is 5.41. The number of hydrogen-bond donors (Lipinski definition) is 0. The molecular weight excluding hydrogens is 390 g/mol. The molecule has 0 radical (unpaired) electrons. The van der Waals surface area contributed by atoms with Gasteiger partial charge < -0.3 is 13.9 Å². The molecule has 29 heavy (non-hydrogen) atoms. The summed E-state index contributed by atoms with van der Waals surface area (Å²) >= 11 is 6.09. The molecule has 3 aromatic carbocycles. The minimum Gasteiger partial charge on any atom is -0.454 e. The summed E-state index contributed by atoms with van der Waals surface area (Å²) in [7, 11) is 0. The number of benzene rings is 3. The Bertz CT molecular complexity index is 1510. The standard InChI is InChI=1S/C23H12ClNO4/c24-13-7-5-12(6-8-13)20-15-9-18-19(28-11-27-18)10-16(15)25-22-14-3-1-2-4-17(14)29-23(26)21(20)22/h1-10H,11H2. The van der Waals surface area contributed by atoms with Crippen molar-refractivity contribution in [3.05, 3.63) is 76.1 Å². The number of pyridine rings is 1. The van der Waals surface area contributed by atoms with E-state index in [1.54, 1.807) is 18.2 Å². The molecule has 0 saturated carbocycles. The average molecular weight is 402 g/mol. The Labute approximate surface area is 169 Å². The third kappa shape index (κ3) is 2.41. The van der Waals surface area contributed by atoms with E-state index in [0.717, 1.165) is 21.9 Å². The Morgan fingerprint density at radius 1 is 0.897 bits per heavy atom. The fourth-order valence-corrected chi connectivity index (χ4v) is 3.99. The number of rotatable bonds is 1. The lowest BCUT2D eigenvalue weighted by molar-refractivity contribution is 0.174. The topological polar surface area (TPSA) is 61.6 Å². The predicted octanol–water partition coefficient (Wildman–Crippen LogP) is 5.54. The maximum absolute atomic E-state index is 13.0. The first-order valence-corrected chi connectivity index (χ1v) is 9.42. The van der Waals surface area contributed by atoms with Crippen LogP contribution in [0.1, 0.15) is 0 Å². The molecule has 5 nitrogen and oxygen atoms in total. The van der Waals surface area contributed by atoms with Crippen LogP contribution in [-0.2, 0) is 0 Å². The molecular formula is C23H12ClNO4. The van der Waals surface area contributed by atoms with Gasteiger partial charge in [-0.3, -0.25) is 0 Å². The van der Waals surface area contributed by atoms with Crippen molar-refractivity contribution in [2.45, 2.75) is 0 Å². The maximum atomic E-state index is 13.0. The molecule has 2 aromatic heterocycles. The van der Waals surface area contributed by atoms with Gasteiger partial charge in [-0.1, -0.05) is 35.9 Å². The zero-order valence-electron chi connectivity index (χ0n) is 14.9. The van der Waals surface area contributed by atoms with E-state index in [4.69, 9.17) is 30.5 Å². The summed E-state index contributed by atoms with van der Waals surface area (Å²) in [4.78, 5) is 17.9. The molecule has 0 fully saturated rings. The first-order chi connectivity index (χ1) is 14.2. The summed E-state index contributed by atoms with van der Waals surface area (Å²) in [5.41, 5.74) is 2.94. The molecule has 5 aromatic rings. The van der Waals surface area contributed by atoms with Gasteiger partial charge in [-0.15, -0.1) is 0 Å². The smallest absolute Gasteiger partial charge is 0.346 e. The molecule has 0 saturated heterocycles. The number of para-hydroxylation sites is 1. The Hall–Kier alpha value is -3.57. The summed E-state index contributed by atoms with van der Waals surface area (Å²) in [6.45, 7) is 0.159. The van der Waals surface area contributed by atoms with E-state index in [1.807, 2.05) is 42.5 Å². The van der Waals surface area contributed by atoms with Crippen LogP contribution in [0, 0.1) is 0 Å². The largest absolute Gasteiger partial charge is 0.454 e. The minimum absolute atomic E-state index is 0.159. The molecule has 140 valence electrons. The second-order valence-electron chi connectivity index (χ2n) is 6.83. The summed E-state index contributed by atoms with van der Waals surface area (Å²) in [5, 5.41) is 2.60. The van der Waals surface area contributed by atoms with Crippen LogP contribution in [0.2, 0.25) is 5.02 Å². The summed E-state index contributed by atoms with van der Waals surface area (Å²) in [6, 6.07) is 18.5. The van der Waals surface area contributed by atoms with Gasteiger partial charge in [0, 0.05) is 27.4 Å². The van der Waals surface area contributed by atoms with Gasteiger partial charge in [-0.2, -0.15) is 0 Å². The van der Waals surface area contributed by atoms with Crippen LogP contribution in [0.25, 0.3) is 43.9 Å². The van der Waals surface area contributed by atoms with Crippen LogP contribution in [0.3, 0.4) is 0 Å². The highest BCUT2D eigenvalue weighted by atomic mass is 35.5. The molecule has 0 amide bonds.